The highest BCUT2D eigenvalue weighted by atomic mass is 16.5. The quantitative estimate of drug-likeness (QED) is 0.477. The number of nitrogens with one attached hydrogen (secondary N) is 1. The molecule has 0 unspecified atom stereocenters. The molecular formula is C20H20N4O4. The molecule has 144 valence electrons. The average molecular weight is 380 g/mol. The molecule has 3 heterocycles. The van der Waals surface area contributed by atoms with E-state index < -0.39 is 11.5 Å². The van der Waals surface area contributed by atoms with Gasteiger partial charge < -0.3 is 9.64 Å². The molecule has 8 heteroatoms. The number of hydrogen-bond donors (Lipinski definition) is 2. The summed E-state index contributed by atoms with van der Waals surface area (Å²) in [6, 6.07) is 7.03. The lowest BCUT2D eigenvalue weighted by atomic mass is 9.82. The van der Waals surface area contributed by atoms with Gasteiger partial charge in [0, 0.05) is 44.4 Å². The van der Waals surface area contributed by atoms with Crippen LogP contribution in [0.15, 0.2) is 42.7 Å². The van der Waals surface area contributed by atoms with Crippen molar-refractivity contribution in [2.45, 2.75) is 24.9 Å². The second-order valence-corrected chi connectivity index (χ2v) is 6.99. The number of anilines is 1. The topological polar surface area (TPSA) is 105 Å². The smallest absolute Gasteiger partial charge is 0.267 e. The monoisotopic (exact) mass is 380 g/mol. The van der Waals surface area contributed by atoms with Gasteiger partial charge in [0.25, 0.3) is 5.91 Å². The SMILES string of the molecule is O=C(C=Cc1ccc2c(c1)C(=O)CC1(CCN(c3ncccn3)CC1)O2)NO. The predicted molar refractivity (Wildman–Crippen MR) is 101 cm³/mol. The number of carbonyl (C=O) groups excluding carboxylic acids is 2. The number of ether oxygens (including phenoxy) is 1. The van der Waals surface area contributed by atoms with E-state index in [9.17, 15) is 9.59 Å². The number of ketones is 1. The Kier molecular flexibility index (Phi) is 4.79. The van der Waals surface area contributed by atoms with Crippen LogP contribution in [0.5, 0.6) is 5.75 Å². The van der Waals surface area contributed by atoms with E-state index in [0.717, 1.165) is 25.9 Å². The van der Waals surface area contributed by atoms with Gasteiger partial charge in [-0.2, -0.15) is 0 Å². The van der Waals surface area contributed by atoms with E-state index in [4.69, 9.17) is 9.94 Å². The largest absolute Gasteiger partial charge is 0.486 e. The minimum Gasteiger partial charge on any atom is -0.486 e. The van der Waals surface area contributed by atoms with Crippen molar-refractivity contribution in [3.05, 3.63) is 53.9 Å². The minimum atomic E-state index is -0.631. The summed E-state index contributed by atoms with van der Waals surface area (Å²) < 4.78 is 6.29. The molecule has 1 amide bonds. The van der Waals surface area contributed by atoms with Gasteiger partial charge in [-0.1, -0.05) is 6.07 Å². The Bertz CT molecular complexity index is 921. The number of aromatic nitrogens is 2. The summed E-state index contributed by atoms with van der Waals surface area (Å²) in [5, 5.41) is 8.54. The first-order valence-corrected chi connectivity index (χ1v) is 9.09. The molecule has 1 aromatic heterocycles. The number of amides is 1. The van der Waals surface area contributed by atoms with Crippen LogP contribution in [0.2, 0.25) is 0 Å². The fourth-order valence-corrected chi connectivity index (χ4v) is 3.67. The third kappa shape index (κ3) is 3.59. The first-order chi connectivity index (χ1) is 13.6. The Morgan fingerprint density at radius 1 is 1.25 bits per heavy atom. The maximum Gasteiger partial charge on any atom is 0.267 e. The van der Waals surface area contributed by atoms with E-state index in [2.05, 4.69) is 14.9 Å². The maximum absolute atomic E-state index is 12.8. The van der Waals surface area contributed by atoms with E-state index in [1.165, 1.54) is 17.6 Å². The maximum atomic E-state index is 12.8. The molecule has 1 saturated heterocycles. The lowest BCUT2D eigenvalue weighted by Gasteiger charge is -2.44. The second-order valence-electron chi connectivity index (χ2n) is 6.99. The normalized spacial score (nSPS) is 18.0. The van der Waals surface area contributed by atoms with E-state index in [1.54, 1.807) is 36.7 Å². The zero-order valence-corrected chi connectivity index (χ0v) is 15.2. The molecule has 28 heavy (non-hydrogen) atoms. The molecule has 1 aromatic carbocycles. The molecule has 0 aliphatic carbocycles. The molecule has 0 bridgehead atoms. The standard InChI is InChI=1S/C20H20N4O4/c25-16-13-20(6-10-24(11-7-20)19-21-8-1-9-22-19)28-17-4-2-14(12-15(16)17)3-5-18(26)23-27/h1-5,8-9,12,27H,6-7,10-11,13H2,(H,23,26). The Labute approximate surface area is 161 Å². The number of rotatable bonds is 3. The number of hydroxylamine groups is 1. The van der Waals surface area contributed by atoms with Crippen LogP contribution in [0, 0.1) is 0 Å². The van der Waals surface area contributed by atoms with Crippen LogP contribution in [-0.2, 0) is 4.79 Å². The molecule has 0 saturated carbocycles. The fourth-order valence-electron chi connectivity index (χ4n) is 3.67. The third-order valence-corrected chi connectivity index (χ3v) is 5.16. The molecular weight excluding hydrogens is 360 g/mol. The van der Waals surface area contributed by atoms with Crippen LogP contribution < -0.4 is 15.1 Å². The highest BCUT2D eigenvalue weighted by Gasteiger charge is 2.43. The van der Waals surface area contributed by atoms with Crippen molar-refractivity contribution in [2.75, 3.05) is 18.0 Å². The molecule has 1 spiro atoms. The van der Waals surface area contributed by atoms with Gasteiger partial charge in [0.2, 0.25) is 5.95 Å². The van der Waals surface area contributed by atoms with Crippen molar-refractivity contribution < 1.29 is 19.5 Å². The molecule has 2 aliphatic heterocycles. The van der Waals surface area contributed by atoms with E-state index in [1.807, 2.05) is 0 Å². The first kappa shape index (κ1) is 18.1. The summed E-state index contributed by atoms with van der Waals surface area (Å²) in [4.78, 5) is 34.6. The number of nitrogens with zero attached hydrogens (tertiary/aromatic N) is 3. The average Bonchev–Trinajstić information content (AvgIpc) is 2.73. The van der Waals surface area contributed by atoms with E-state index in [-0.39, 0.29) is 5.78 Å². The van der Waals surface area contributed by atoms with Crippen molar-refractivity contribution in [2.24, 2.45) is 0 Å². The van der Waals surface area contributed by atoms with Crippen LogP contribution in [0.3, 0.4) is 0 Å². The van der Waals surface area contributed by atoms with Crippen LogP contribution in [0.25, 0.3) is 6.08 Å². The summed E-state index contributed by atoms with van der Waals surface area (Å²) in [5.41, 5.74) is 2.24. The van der Waals surface area contributed by atoms with Gasteiger partial charge in [-0.05, 0) is 29.8 Å². The van der Waals surface area contributed by atoms with Crippen LogP contribution >= 0.6 is 0 Å². The lowest BCUT2D eigenvalue weighted by molar-refractivity contribution is -0.124. The molecule has 8 nitrogen and oxygen atoms in total. The van der Waals surface area contributed by atoms with Crippen LogP contribution in [-0.4, -0.2) is 45.6 Å². The number of fused-ring (bicyclic) bond motifs is 1. The lowest BCUT2D eigenvalue weighted by Crippen LogP contribution is -2.51. The highest BCUT2D eigenvalue weighted by Crippen LogP contribution is 2.40. The minimum absolute atomic E-state index is 0.0347. The van der Waals surface area contributed by atoms with Crippen molar-refractivity contribution in [1.82, 2.24) is 15.4 Å². The van der Waals surface area contributed by atoms with Crippen LogP contribution in [0.4, 0.5) is 5.95 Å². The summed E-state index contributed by atoms with van der Waals surface area (Å²) >= 11 is 0. The highest BCUT2D eigenvalue weighted by molar-refractivity contribution is 6.01. The summed E-state index contributed by atoms with van der Waals surface area (Å²) in [6.45, 7) is 1.45. The van der Waals surface area contributed by atoms with Gasteiger partial charge in [0.15, 0.2) is 5.78 Å². The zero-order chi connectivity index (χ0) is 19.6. The molecule has 2 N–H and O–H groups in total. The van der Waals surface area contributed by atoms with Gasteiger partial charge in [-0.3, -0.25) is 14.8 Å². The molecule has 1 fully saturated rings. The van der Waals surface area contributed by atoms with Gasteiger partial charge in [0.1, 0.15) is 11.4 Å². The van der Waals surface area contributed by atoms with Crippen molar-refractivity contribution in [3.8, 4) is 5.75 Å². The van der Waals surface area contributed by atoms with Crippen molar-refractivity contribution in [3.63, 3.8) is 0 Å². The van der Waals surface area contributed by atoms with Crippen molar-refractivity contribution >= 4 is 23.7 Å². The van der Waals surface area contributed by atoms with E-state index in [0.29, 0.717) is 29.2 Å². The summed E-state index contributed by atoms with van der Waals surface area (Å²) in [5.74, 6) is 0.675. The zero-order valence-electron chi connectivity index (χ0n) is 15.2. The second kappa shape index (κ2) is 7.40. The number of carbonyl (C=O) groups is 2. The number of benzene rings is 1. The molecule has 0 radical (unpaired) electrons. The summed E-state index contributed by atoms with van der Waals surface area (Å²) in [7, 11) is 0. The Morgan fingerprint density at radius 3 is 2.71 bits per heavy atom. The van der Waals surface area contributed by atoms with Gasteiger partial charge in [-0.25, -0.2) is 15.4 Å². The number of hydrogen-bond acceptors (Lipinski definition) is 7. The molecule has 4 rings (SSSR count). The van der Waals surface area contributed by atoms with Crippen molar-refractivity contribution in [1.29, 1.82) is 0 Å². The third-order valence-electron chi connectivity index (χ3n) is 5.16. The molecule has 2 aromatic rings. The predicted octanol–water partition coefficient (Wildman–Crippen LogP) is 2.00. The van der Waals surface area contributed by atoms with Gasteiger partial charge >= 0.3 is 0 Å². The Hall–Kier alpha value is -3.26. The molecule has 0 atom stereocenters. The Morgan fingerprint density at radius 2 is 2.00 bits per heavy atom. The molecule has 2 aliphatic rings. The number of Topliss-reactive ketones (excluding diaryl/α,β-unsaturated/α-hetero) is 1. The Balaban J connectivity index is 1.49. The first-order valence-electron chi connectivity index (χ1n) is 9.09. The summed E-state index contributed by atoms with van der Waals surface area (Å²) in [6.07, 6.45) is 7.93. The fraction of sp³-hybridized carbons (Fsp3) is 0.300. The van der Waals surface area contributed by atoms with Gasteiger partial charge in [0.05, 0.1) is 12.0 Å². The van der Waals surface area contributed by atoms with E-state index >= 15 is 0 Å². The number of piperidine rings is 1. The van der Waals surface area contributed by atoms with Crippen LogP contribution in [0.1, 0.15) is 35.2 Å². The van der Waals surface area contributed by atoms with Gasteiger partial charge in [-0.15, -0.1) is 0 Å².